The fraction of sp³-hybridized carbons (Fsp3) is 0.429. The molecular weight excluding hydrogens is 318 g/mol. The van der Waals surface area contributed by atoms with E-state index in [0.29, 0.717) is 23.2 Å². The van der Waals surface area contributed by atoms with E-state index in [1.165, 1.54) is 11.6 Å². The Labute approximate surface area is 134 Å². The van der Waals surface area contributed by atoms with E-state index < -0.39 is 21.0 Å². The topological polar surface area (TPSA) is 107 Å². The van der Waals surface area contributed by atoms with E-state index in [9.17, 15) is 13.2 Å². The van der Waals surface area contributed by atoms with Crippen molar-refractivity contribution in [1.29, 1.82) is 0 Å². The molecule has 2 aromatic heterocycles. The molecule has 0 radical (unpaired) electrons. The standard InChI is InChI=1S/C14H19N5O3S/c1-8-6-12(16-11(4)15-8)19-13(7-9(2)18-19)17-14(20)10(3)23(5,21)22/h6-7,10H,1-5H3,(H,17,20). The Kier molecular flexibility index (Phi) is 4.51. The van der Waals surface area contributed by atoms with Crippen molar-refractivity contribution in [2.75, 3.05) is 11.6 Å². The third kappa shape index (κ3) is 3.92. The molecule has 0 aliphatic heterocycles. The van der Waals surface area contributed by atoms with Crippen LogP contribution in [0.5, 0.6) is 0 Å². The molecule has 2 heterocycles. The molecule has 0 saturated heterocycles. The fourth-order valence-corrected chi connectivity index (χ4v) is 2.44. The van der Waals surface area contributed by atoms with Crippen LogP contribution in [0.15, 0.2) is 12.1 Å². The van der Waals surface area contributed by atoms with Crippen LogP contribution in [0.1, 0.15) is 24.1 Å². The van der Waals surface area contributed by atoms with Gasteiger partial charge in [-0.25, -0.2) is 18.4 Å². The largest absolute Gasteiger partial charge is 0.309 e. The van der Waals surface area contributed by atoms with Gasteiger partial charge in [0.15, 0.2) is 15.7 Å². The number of hydrogen-bond acceptors (Lipinski definition) is 6. The maximum absolute atomic E-state index is 12.1. The third-order valence-electron chi connectivity index (χ3n) is 3.26. The summed E-state index contributed by atoms with van der Waals surface area (Å²) in [5.41, 5.74) is 1.43. The van der Waals surface area contributed by atoms with Crippen LogP contribution in [0, 0.1) is 20.8 Å². The highest BCUT2D eigenvalue weighted by molar-refractivity contribution is 7.92. The lowest BCUT2D eigenvalue weighted by molar-refractivity contribution is -0.115. The number of rotatable bonds is 4. The number of nitrogens with zero attached hydrogens (tertiary/aromatic N) is 4. The van der Waals surface area contributed by atoms with Crippen LogP contribution < -0.4 is 5.32 Å². The Morgan fingerprint density at radius 2 is 1.83 bits per heavy atom. The van der Waals surface area contributed by atoms with Crippen molar-refractivity contribution < 1.29 is 13.2 Å². The molecule has 0 aliphatic carbocycles. The van der Waals surface area contributed by atoms with Gasteiger partial charge in [0.05, 0.1) is 5.69 Å². The van der Waals surface area contributed by atoms with E-state index in [-0.39, 0.29) is 0 Å². The number of nitrogens with one attached hydrogen (secondary N) is 1. The average molecular weight is 337 g/mol. The first kappa shape index (κ1) is 17.1. The first-order valence-corrected chi connectivity index (χ1v) is 8.92. The van der Waals surface area contributed by atoms with Gasteiger partial charge in [-0.15, -0.1) is 0 Å². The monoisotopic (exact) mass is 337 g/mol. The number of sulfone groups is 1. The molecule has 0 bridgehead atoms. The van der Waals surface area contributed by atoms with E-state index in [0.717, 1.165) is 11.9 Å². The zero-order chi connectivity index (χ0) is 17.4. The Morgan fingerprint density at radius 3 is 2.39 bits per heavy atom. The van der Waals surface area contributed by atoms with Gasteiger partial charge in [-0.3, -0.25) is 4.79 Å². The summed E-state index contributed by atoms with van der Waals surface area (Å²) in [6, 6.07) is 3.38. The molecular formula is C14H19N5O3S. The molecule has 8 nitrogen and oxygen atoms in total. The van der Waals surface area contributed by atoms with Crippen LogP contribution in [0.2, 0.25) is 0 Å². The zero-order valence-electron chi connectivity index (χ0n) is 13.7. The number of aryl methyl sites for hydroxylation is 3. The van der Waals surface area contributed by atoms with Gasteiger partial charge < -0.3 is 5.32 Å². The van der Waals surface area contributed by atoms with E-state index in [4.69, 9.17) is 0 Å². The molecule has 1 N–H and O–H groups in total. The minimum atomic E-state index is -3.47. The van der Waals surface area contributed by atoms with Crippen LogP contribution >= 0.6 is 0 Å². The Morgan fingerprint density at radius 1 is 1.17 bits per heavy atom. The zero-order valence-corrected chi connectivity index (χ0v) is 14.5. The highest BCUT2D eigenvalue weighted by atomic mass is 32.2. The molecule has 0 saturated carbocycles. The number of carbonyl (C=O) groups excluding carboxylic acids is 1. The van der Waals surface area contributed by atoms with E-state index >= 15 is 0 Å². The first-order valence-electron chi connectivity index (χ1n) is 6.97. The lowest BCUT2D eigenvalue weighted by atomic mass is 10.4. The molecule has 1 unspecified atom stereocenters. The van der Waals surface area contributed by atoms with Gasteiger partial charge in [-0.05, 0) is 27.7 Å². The number of anilines is 1. The van der Waals surface area contributed by atoms with Crippen molar-refractivity contribution in [2.45, 2.75) is 32.9 Å². The van der Waals surface area contributed by atoms with Gasteiger partial charge in [-0.2, -0.15) is 9.78 Å². The molecule has 9 heteroatoms. The summed E-state index contributed by atoms with van der Waals surface area (Å²) in [5, 5.41) is 5.74. The lowest BCUT2D eigenvalue weighted by Gasteiger charge is -2.12. The lowest BCUT2D eigenvalue weighted by Crippen LogP contribution is -2.32. The van der Waals surface area contributed by atoms with Crippen LogP contribution in [0.25, 0.3) is 5.82 Å². The van der Waals surface area contributed by atoms with Gasteiger partial charge in [0.25, 0.3) is 0 Å². The quantitative estimate of drug-likeness (QED) is 0.890. The smallest absolute Gasteiger partial charge is 0.243 e. The molecule has 23 heavy (non-hydrogen) atoms. The maximum Gasteiger partial charge on any atom is 0.243 e. The Balaban J connectivity index is 2.40. The van der Waals surface area contributed by atoms with Crippen molar-refractivity contribution in [3.8, 4) is 5.82 Å². The summed E-state index contributed by atoms with van der Waals surface area (Å²) in [6.07, 6.45) is 1.02. The number of aromatic nitrogens is 4. The van der Waals surface area contributed by atoms with Crippen LogP contribution in [-0.2, 0) is 14.6 Å². The van der Waals surface area contributed by atoms with Gasteiger partial charge in [0.2, 0.25) is 5.91 Å². The van der Waals surface area contributed by atoms with E-state index in [1.807, 2.05) is 6.92 Å². The fourth-order valence-electron chi connectivity index (χ4n) is 1.99. The summed E-state index contributed by atoms with van der Waals surface area (Å²) in [4.78, 5) is 20.6. The van der Waals surface area contributed by atoms with Gasteiger partial charge in [-0.1, -0.05) is 0 Å². The molecule has 0 aromatic carbocycles. The van der Waals surface area contributed by atoms with Crippen molar-refractivity contribution in [3.05, 3.63) is 29.3 Å². The van der Waals surface area contributed by atoms with Crippen molar-refractivity contribution >= 4 is 21.6 Å². The molecule has 124 valence electrons. The SMILES string of the molecule is Cc1cc(-n2nc(C)cc2NC(=O)C(C)S(C)(=O)=O)nc(C)n1. The summed E-state index contributed by atoms with van der Waals surface area (Å²) in [5.74, 6) is 0.831. The Bertz CT molecular complexity index is 837. The number of hydrogen-bond donors (Lipinski definition) is 1. The maximum atomic E-state index is 12.1. The minimum Gasteiger partial charge on any atom is -0.309 e. The second-order valence-electron chi connectivity index (χ2n) is 5.46. The summed E-state index contributed by atoms with van der Waals surface area (Å²) < 4.78 is 24.5. The molecule has 0 fully saturated rings. The predicted molar refractivity (Wildman–Crippen MR) is 86.3 cm³/mol. The van der Waals surface area contributed by atoms with Crippen molar-refractivity contribution in [2.24, 2.45) is 0 Å². The van der Waals surface area contributed by atoms with E-state index in [1.54, 1.807) is 26.0 Å². The predicted octanol–water partition coefficient (Wildman–Crippen LogP) is 0.959. The van der Waals surface area contributed by atoms with Crippen molar-refractivity contribution in [3.63, 3.8) is 0 Å². The number of amides is 1. The third-order valence-corrected chi connectivity index (χ3v) is 4.76. The molecule has 1 atom stereocenters. The Hall–Kier alpha value is -2.29. The minimum absolute atomic E-state index is 0.362. The second-order valence-corrected chi connectivity index (χ2v) is 7.82. The molecule has 0 aliphatic rings. The summed E-state index contributed by atoms with van der Waals surface area (Å²) in [7, 11) is -3.47. The van der Waals surface area contributed by atoms with Crippen LogP contribution in [0.3, 0.4) is 0 Å². The highest BCUT2D eigenvalue weighted by Gasteiger charge is 2.25. The molecule has 2 aromatic rings. The molecule has 0 spiro atoms. The summed E-state index contributed by atoms with van der Waals surface area (Å²) in [6.45, 7) is 6.71. The molecule has 1 amide bonds. The normalized spacial score (nSPS) is 12.9. The summed E-state index contributed by atoms with van der Waals surface area (Å²) >= 11 is 0. The first-order chi connectivity index (χ1) is 10.6. The highest BCUT2D eigenvalue weighted by Crippen LogP contribution is 2.17. The van der Waals surface area contributed by atoms with Gasteiger partial charge in [0, 0.05) is 24.1 Å². The average Bonchev–Trinajstić information content (AvgIpc) is 2.76. The second kappa shape index (κ2) is 6.07. The van der Waals surface area contributed by atoms with Gasteiger partial charge in [0.1, 0.15) is 16.9 Å². The van der Waals surface area contributed by atoms with Crippen LogP contribution in [0.4, 0.5) is 5.82 Å². The van der Waals surface area contributed by atoms with E-state index in [2.05, 4.69) is 20.4 Å². The van der Waals surface area contributed by atoms with Gasteiger partial charge >= 0.3 is 0 Å². The van der Waals surface area contributed by atoms with Crippen LogP contribution in [-0.4, -0.2) is 45.6 Å². The number of carbonyl (C=O) groups is 1. The molecule has 2 rings (SSSR count). The van der Waals surface area contributed by atoms with Crippen molar-refractivity contribution in [1.82, 2.24) is 19.7 Å².